The fourth-order valence-corrected chi connectivity index (χ4v) is 2.36. The summed E-state index contributed by atoms with van der Waals surface area (Å²) in [5.74, 6) is 1.43. The molecule has 6 nitrogen and oxygen atoms in total. The van der Waals surface area contributed by atoms with Crippen molar-refractivity contribution in [1.29, 1.82) is 0 Å². The third kappa shape index (κ3) is 2.05. The zero-order valence-electron chi connectivity index (χ0n) is 9.87. The SMILES string of the molecule is Nc1nc(N2CCNCC2)nc2c1CNCC2. The van der Waals surface area contributed by atoms with E-state index in [4.69, 9.17) is 5.73 Å². The smallest absolute Gasteiger partial charge is 0.227 e. The second-order valence-corrected chi connectivity index (χ2v) is 4.50. The van der Waals surface area contributed by atoms with Gasteiger partial charge in [-0.3, -0.25) is 0 Å². The van der Waals surface area contributed by atoms with E-state index in [1.807, 2.05) is 0 Å². The van der Waals surface area contributed by atoms with Gasteiger partial charge in [0.25, 0.3) is 0 Å². The molecule has 0 unspecified atom stereocenters. The second-order valence-electron chi connectivity index (χ2n) is 4.50. The van der Waals surface area contributed by atoms with Crippen LogP contribution in [-0.4, -0.2) is 42.7 Å². The Morgan fingerprint density at radius 1 is 1.06 bits per heavy atom. The Bertz CT molecular complexity index is 413. The van der Waals surface area contributed by atoms with Crippen LogP contribution in [0.5, 0.6) is 0 Å². The summed E-state index contributed by atoms with van der Waals surface area (Å²) in [6.45, 7) is 5.66. The minimum atomic E-state index is 0.635. The lowest BCUT2D eigenvalue weighted by Crippen LogP contribution is -2.44. The summed E-state index contributed by atoms with van der Waals surface area (Å²) >= 11 is 0. The first-order valence-electron chi connectivity index (χ1n) is 6.16. The molecule has 0 atom stereocenters. The minimum absolute atomic E-state index is 0.635. The van der Waals surface area contributed by atoms with Crippen molar-refractivity contribution in [2.24, 2.45) is 0 Å². The van der Waals surface area contributed by atoms with Crippen LogP contribution in [0, 0.1) is 0 Å². The van der Waals surface area contributed by atoms with E-state index in [0.717, 1.165) is 62.9 Å². The van der Waals surface area contributed by atoms with Crippen LogP contribution in [0.2, 0.25) is 0 Å². The maximum atomic E-state index is 6.02. The van der Waals surface area contributed by atoms with Crippen molar-refractivity contribution in [2.45, 2.75) is 13.0 Å². The van der Waals surface area contributed by atoms with E-state index in [1.165, 1.54) is 0 Å². The molecule has 3 heterocycles. The molecule has 0 aliphatic carbocycles. The zero-order valence-corrected chi connectivity index (χ0v) is 9.87. The van der Waals surface area contributed by atoms with Gasteiger partial charge in [-0.2, -0.15) is 4.98 Å². The molecule has 4 N–H and O–H groups in total. The van der Waals surface area contributed by atoms with Gasteiger partial charge in [-0.25, -0.2) is 4.98 Å². The summed E-state index contributed by atoms with van der Waals surface area (Å²) in [7, 11) is 0. The Hall–Kier alpha value is -1.40. The Morgan fingerprint density at radius 2 is 1.88 bits per heavy atom. The number of fused-ring (bicyclic) bond motifs is 1. The van der Waals surface area contributed by atoms with Crippen molar-refractivity contribution in [3.63, 3.8) is 0 Å². The van der Waals surface area contributed by atoms with Gasteiger partial charge in [-0.05, 0) is 0 Å². The topological polar surface area (TPSA) is 79.1 Å². The fraction of sp³-hybridized carbons (Fsp3) is 0.636. The number of hydrogen-bond acceptors (Lipinski definition) is 6. The first-order chi connectivity index (χ1) is 8.34. The van der Waals surface area contributed by atoms with Gasteiger partial charge in [-0.15, -0.1) is 0 Å². The Balaban J connectivity index is 1.92. The van der Waals surface area contributed by atoms with E-state index >= 15 is 0 Å². The molecule has 6 heteroatoms. The van der Waals surface area contributed by atoms with Crippen LogP contribution in [-0.2, 0) is 13.0 Å². The van der Waals surface area contributed by atoms with Crippen LogP contribution >= 0.6 is 0 Å². The van der Waals surface area contributed by atoms with Crippen molar-refractivity contribution < 1.29 is 0 Å². The molecule has 0 bridgehead atoms. The van der Waals surface area contributed by atoms with E-state index in [1.54, 1.807) is 0 Å². The number of anilines is 2. The van der Waals surface area contributed by atoms with E-state index in [2.05, 4.69) is 25.5 Å². The quantitative estimate of drug-likeness (QED) is 0.585. The largest absolute Gasteiger partial charge is 0.383 e. The van der Waals surface area contributed by atoms with E-state index in [-0.39, 0.29) is 0 Å². The first kappa shape index (κ1) is 10.7. The van der Waals surface area contributed by atoms with E-state index < -0.39 is 0 Å². The number of piperazine rings is 1. The number of rotatable bonds is 1. The van der Waals surface area contributed by atoms with Crippen LogP contribution in [0.15, 0.2) is 0 Å². The van der Waals surface area contributed by atoms with Gasteiger partial charge >= 0.3 is 0 Å². The van der Waals surface area contributed by atoms with Crippen LogP contribution in [0.4, 0.5) is 11.8 Å². The molecule has 2 aliphatic heterocycles. The predicted molar refractivity (Wildman–Crippen MR) is 66.9 cm³/mol. The Morgan fingerprint density at radius 3 is 2.71 bits per heavy atom. The summed E-state index contributed by atoms with van der Waals surface area (Å²) < 4.78 is 0. The molecule has 0 radical (unpaired) electrons. The van der Waals surface area contributed by atoms with E-state index in [9.17, 15) is 0 Å². The highest BCUT2D eigenvalue weighted by atomic mass is 15.3. The fourth-order valence-electron chi connectivity index (χ4n) is 2.36. The summed E-state index contributed by atoms with van der Waals surface area (Å²) in [6.07, 6.45) is 0.946. The molecule has 1 saturated heterocycles. The molecule has 0 spiro atoms. The monoisotopic (exact) mass is 234 g/mol. The van der Waals surface area contributed by atoms with Crippen molar-refractivity contribution in [2.75, 3.05) is 43.4 Å². The average Bonchev–Trinajstić information content (AvgIpc) is 2.40. The average molecular weight is 234 g/mol. The molecule has 0 aromatic carbocycles. The number of nitrogens with one attached hydrogen (secondary N) is 2. The van der Waals surface area contributed by atoms with Crippen LogP contribution in [0.25, 0.3) is 0 Å². The van der Waals surface area contributed by atoms with Crippen molar-refractivity contribution in [3.05, 3.63) is 11.3 Å². The lowest BCUT2D eigenvalue weighted by Gasteiger charge is -2.29. The van der Waals surface area contributed by atoms with Gasteiger partial charge < -0.3 is 21.3 Å². The molecule has 92 valence electrons. The van der Waals surface area contributed by atoms with Gasteiger partial charge in [0.2, 0.25) is 5.95 Å². The first-order valence-corrected chi connectivity index (χ1v) is 6.16. The Labute approximate surface area is 101 Å². The normalized spacial score (nSPS) is 20.1. The summed E-state index contributed by atoms with van der Waals surface area (Å²) in [5.41, 5.74) is 8.21. The molecular weight excluding hydrogens is 216 g/mol. The van der Waals surface area contributed by atoms with Gasteiger partial charge in [0.05, 0.1) is 5.69 Å². The lowest BCUT2D eigenvalue weighted by atomic mass is 10.1. The zero-order chi connectivity index (χ0) is 11.7. The molecule has 17 heavy (non-hydrogen) atoms. The highest BCUT2D eigenvalue weighted by Gasteiger charge is 2.19. The summed E-state index contributed by atoms with van der Waals surface area (Å²) in [6, 6.07) is 0. The van der Waals surface area contributed by atoms with Crippen LogP contribution < -0.4 is 21.3 Å². The molecule has 0 amide bonds. The van der Waals surface area contributed by atoms with Crippen molar-refractivity contribution in [1.82, 2.24) is 20.6 Å². The molecular formula is C11H18N6. The maximum Gasteiger partial charge on any atom is 0.227 e. The minimum Gasteiger partial charge on any atom is -0.383 e. The molecule has 3 rings (SSSR count). The number of nitrogens with two attached hydrogens (primary N) is 1. The molecule has 1 fully saturated rings. The maximum absolute atomic E-state index is 6.02. The van der Waals surface area contributed by atoms with Gasteiger partial charge in [0.15, 0.2) is 0 Å². The molecule has 1 aromatic rings. The number of aromatic nitrogens is 2. The van der Waals surface area contributed by atoms with Crippen LogP contribution in [0.1, 0.15) is 11.3 Å². The highest BCUT2D eigenvalue weighted by molar-refractivity contribution is 5.49. The summed E-state index contributed by atoms with van der Waals surface area (Å²) in [5, 5.41) is 6.62. The predicted octanol–water partition coefficient (Wildman–Crippen LogP) is -0.886. The lowest BCUT2D eigenvalue weighted by molar-refractivity contribution is 0.574. The van der Waals surface area contributed by atoms with Gasteiger partial charge in [0, 0.05) is 51.3 Å². The second kappa shape index (κ2) is 4.46. The van der Waals surface area contributed by atoms with E-state index in [0.29, 0.717) is 5.82 Å². The molecule has 2 aliphatic rings. The number of nitrogen functional groups attached to an aromatic ring is 1. The Kier molecular flexibility index (Phi) is 2.82. The third-order valence-electron chi connectivity index (χ3n) is 3.35. The molecule has 1 aromatic heterocycles. The standard InChI is InChI=1S/C11H18N6/c12-10-8-7-14-2-1-9(8)15-11(16-10)17-5-3-13-4-6-17/h13-14H,1-7H2,(H2,12,15,16). The van der Waals surface area contributed by atoms with Crippen LogP contribution in [0.3, 0.4) is 0 Å². The number of nitrogens with zero attached hydrogens (tertiary/aromatic N) is 3. The third-order valence-corrected chi connectivity index (χ3v) is 3.35. The van der Waals surface area contributed by atoms with Crippen molar-refractivity contribution >= 4 is 11.8 Å². The summed E-state index contributed by atoms with van der Waals surface area (Å²) in [4.78, 5) is 11.3. The highest BCUT2D eigenvalue weighted by Crippen LogP contribution is 2.21. The van der Waals surface area contributed by atoms with Crippen molar-refractivity contribution in [3.8, 4) is 0 Å². The van der Waals surface area contributed by atoms with Gasteiger partial charge in [-0.1, -0.05) is 0 Å². The van der Waals surface area contributed by atoms with Gasteiger partial charge in [0.1, 0.15) is 5.82 Å². The molecule has 0 saturated carbocycles. The number of hydrogen-bond donors (Lipinski definition) is 3.